The molecule has 0 N–H and O–H groups in total. The van der Waals surface area contributed by atoms with Crippen LogP contribution in [0.15, 0.2) is 0 Å². The van der Waals surface area contributed by atoms with Gasteiger partial charge in [0.1, 0.15) is 0 Å². The average molecular weight is 309 g/mol. The average Bonchev–Trinajstić information content (AvgIpc) is 2.46. The third-order valence-corrected chi connectivity index (χ3v) is 6.13. The van der Waals surface area contributed by atoms with E-state index in [1.165, 1.54) is 96.3 Å². The molecule has 0 bridgehead atoms. The normalized spacial score (nSPS) is 28.4. The molecule has 132 valence electrons. The Kier molecular flexibility index (Phi) is 10.5. The van der Waals surface area contributed by atoms with Gasteiger partial charge in [-0.25, -0.2) is 0 Å². The van der Waals surface area contributed by atoms with Crippen LogP contribution in [0.25, 0.3) is 0 Å². The zero-order valence-corrected chi connectivity index (χ0v) is 16.3. The molecule has 1 saturated carbocycles. The van der Waals surface area contributed by atoms with E-state index in [9.17, 15) is 0 Å². The first kappa shape index (κ1) is 20.0. The van der Waals surface area contributed by atoms with Crippen LogP contribution in [0, 0.1) is 17.3 Å². The highest BCUT2D eigenvalue weighted by Crippen LogP contribution is 2.35. The third-order valence-electron chi connectivity index (χ3n) is 6.13. The predicted molar refractivity (Wildman–Crippen MR) is 101 cm³/mol. The van der Waals surface area contributed by atoms with Crippen molar-refractivity contribution in [1.82, 2.24) is 0 Å². The summed E-state index contributed by atoms with van der Waals surface area (Å²) < 4.78 is 0. The predicted octanol–water partition coefficient (Wildman–Crippen LogP) is 8.15. The van der Waals surface area contributed by atoms with E-state index in [-0.39, 0.29) is 0 Å². The fraction of sp³-hybridized carbons (Fsp3) is 1.00. The first-order valence-electron chi connectivity index (χ1n) is 10.5. The maximum absolute atomic E-state index is 2.46. The lowest BCUT2D eigenvalue weighted by atomic mass is 9.75. The van der Waals surface area contributed by atoms with Crippen LogP contribution in [-0.2, 0) is 0 Å². The summed E-state index contributed by atoms with van der Waals surface area (Å²) in [5.41, 5.74) is 0.514. The lowest BCUT2D eigenvalue weighted by Crippen LogP contribution is -2.20. The van der Waals surface area contributed by atoms with Crippen LogP contribution >= 0.6 is 0 Å². The Labute approximate surface area is 141 Å². The molecule has 0 radical (unpaired) electrons. The second-order valence-corrected chi connectivity index (χ2v) is 9.03. The molecule has 0 aliphatic heterocycles. The van der Waals surface area contributed by atoms with Gasteiger partial charge in [0.15, 0.2) is 0 Å². The van der Waals surface area contributed by atoms with E-state index >= 15 is 0 Å². The van der Waals surface area contributed by atoms with Gasteiger partial charge in [-0.3, -0.25) is 0 Å². The molecular weight excluding hydrogens is 264 g/mol. The van der Waals surface area contributed by atoms with Gasteiger partial charge in [-0.05, 0) is 30.1 Å². The number of hydrogen-bond donors (Lipinski definition) is 0. The molecular formula is C22H44. The van der Waals surface area contributed by atoms with E-state index in [1.807, 2.05) is 0 Å². The van der Waals surface area contributed by atoms with E-state index in [1.54, 1.807) is 0 Å². The molecule has 0 aromatic carbocycles. The van der Waals surface area contributed by atoms with E-state index in [0.29, 0.717) is 5.41 Å². The van der Waals surface area contributed by atoms with Gasteiger partial charge in [0.2, 0.25) is 0 Å². The van der Waals surface area contributed by atoms with Crippen molar-refractivity contribution in [1.29, 1.82) is 0 Å². The summed E-state index contributed by atoms with van der Waals surface area (Å²) in [7, 11) is 0. The number of rotatable bonds is 1. The van der Waals surface area contributed by atoms with E-state index in [4.69, 9.17) is 0 Å². The maximum Gasteiger partial charge on any atom is -0.0354 e. The molecule has 0 aromatic heterocycles. The first-order chi connectivity index (χ1) is 10.5. The van der Waals surface area contributed by atoms with Gasteiger partial charge in [-0.15, -0.1) is 0 Å². The van der Waals surface area contributed by atoms with Gasteiger partial charge >= 0.3 is 0 Å². The molecule has 0 heteroatoms. The van der Waals surface area contributed by atoms with Crippen LogP contribution in [0.1, 0.15) is 124 Å². The molecule has 1 aliphatic carbocycles. The molecule has 22 heavy (non-hydrogen) atoms. The van der Waals surface area contributed by atoms with Crippen molar-refractivity contribution >= 4 is 0 Å². The van der Waals surface area contributed by atoms with Crippen molar-refractivity contribution in [2.75, 3.05) is 0 Å². The Bertz CT molecular complexity index is 229. The zero-order valence-electron chi connectivity index (χ0n) is 16.3. The minimum Gasteiger partial charge on any atom is -0.0651 e. The molecule has 0 nitrogen and oxygen atoms in total. The fourth-order valence-corrected chi connectivity index (χ4v) is 4.27. The topological polar surface area (TPSA) is 0 Å². The smallest absolute Gasteiger partial charge is 0.0354 e. The van der Waals surface area contributed by atoms with Gasteiger partial charge in [0.25, 0.3) is 0 Å². The summed E-state index contributed by atoms with van der Waals surface area (Å²) in [6, 6.07) is 0. The minimum absolute atomic E-state index is 0.514. The lowest BCUT2D eigenvalue weighted by Gasteiger charge is -2.31. The Morgan fingerprint density at radius 1 is 0.591 bits per heavy atom. The van der Waals surface area contributed by atoms with Crippen LogP contribution in [-0.4, -0.2) is 0 Å². The van der Waals surface area contributed by atoms with Gasteiger partial charge < -0.3 is 0 Å². The summed E-state index contributed by atoms with van der Waals surface area (Å²) in [4.78, 5) is 0. The second kappa shape index (κ2) is 11.5. The van der Waals surface area contributed by atoms with Crippen molar-refractivity contribution in [2.45, 2.75) is 124 Å². The molecule has 0 unspecified atom stereocenters. The summed E-state index contributed by atoms with van der Waals surface area (Å²) in [5.74, 6) is 1.98. The summed E-state index contributed by atoms with van der Waals surface area (Å²) >= 11 is 0. The molecule has 0 amide bonds. The Morgan fingerprint density at radius 2 is 0.955 bits per heavy atom. The summed E-state index contributed by atoms with van der Waals surface area (Å²) in [5, 5.41) is 0. The summed E-state index contributed by atoms with van der Waals surface area (Å²) in [6.45, 7) is 9.78. The molecule has 1 aliphatic rings. The maximum atomic E-state index is 2.46. The van der Waals surface area contributed by atoms with Crippen LogP contribution in [0.5, 0.6) is 0 Å². The van der Waals surface area contributed by atoms with Crippen molar-refractivity contribution < 1.29 is 0 Å². The Morgan fingerprint density at radius 3 is 1.32 bits per heavy atom. The second-order valence-electron chi connectivity index (χ2n) is 9.03. The third kappa shape index (κ3) is 9.21. The molecule has 0 atom stereocenters. The van der Waals surface area contributed by atoms with Crippen LogP contribution < -0.4 is 0 Å². The van der Waals surface area contributed by atoms with Gasteiger partial charge in [0, 0.05) is 0 Å². The zero-order chi connectivity index (χ0) is 16.3. The first-order valence-corrected chi connectivity index (χ1v) is 10.5. The van der Waals surface area contributed by atoms with Gasteiger partial charge in [0.05, 0.1) is 0 Å². The standard InChI is InChI=1S/C22H44/c1-5-20-16-12-8-6-10-14-18-21(22(2,3)4)19-15-11-7-9-13-17-20/h20-21H,5-19H2,1-4H3. The van der Waals surface area contributed by atoms with E-state index < -0.39 is 0 Å². The molecule has 0 aromatic rings. The van der Waals surface area contributed by atoms with E-state index in [0.717, 1.165) is 11.8 Å². The van der Waals surface area contributed by atoms with Crippen LogP contribution in [0.3, 0.4) is 0 Å². The van der Waals surface area contributed by atoms with Crippen molar-refractivity contribution in [3.63, 3.8) is 0 Å². The SMILES string of the molecule is CCC1CCCCCCCC(C(C)(C)C)CCCCCCC1. The minimum atomic E-state index is 0.514. The van der Waals surface area contributed by atoms with Crippen molar-refractivity contribution in [3.8, 4) is 0 Å². The largest absolute Gasteiger partial charge is 0.0651 e. The summed E-state index contributed by atoms with van der Waals surface area (Å²) in [6.07, 6.45) is 22.2. The molecule has 1 fully saturated rings. The van der Waals surface area contributed by atoms with Crippen LogP contribution in [0.4, 0.5) is 0 Å². The quantitative estimate of drug-likeness (QED) is 0.458. The molecule has 0 spiro atoms. The highest BCUT2D eigenvalue weighted by molar-refractivity contribution is 4.74. The molecule has 0 saturated heterocycles. The number of hydrogen-bond acceptors (Lipinski definition) is 0. The van der Waals surface area contributed by atoms with Gasteiger partial charge in [-0.2, -0.15) is 0 Å². The van der Waals surface area contributed by atoms with Gasteiger partial charge in [-0.1, -0.05) is 111 Å². The van der Waals surface area contributed by atoms with Crippen molar-refractivity contribution in [2.24, 2.45) is 17.3 Å². The highest BCUT2D eigenvalue weighted by atomic mass is 14.3. The molecule has 1 rings (SSSR count). The Balaban J connectivity index is 2.38. The van der Waals surface area contributed by atoms with E-state index in [2.05, 4.69) is 27.7 Å². The fourth-order valence-electron chi connectivity index (χ4n) is 4.27. The lowest BCUT2D eigenvalue weighted by molar-refractivity contribution is 0.200. The highest BCUT2D eigenvalue weighted by Gasteiger charge is 2.23. The molecule has 0 heterocycles. The monoisotopic (exact) mass is 308 g/mol. The van der Waals surface area contributed by atoms with Crippen molar-refractivity contribution in [3.05, 3.63) is 0 Å². The Hall–Kier alpha value is 0. The van der Waals surface area contributed by atoms with Crippen LogP contribution in [0.2, 0.25) is 0 Å².